The highest BCUT2D eigenvalue weighted by Gasteiger charge is 2.27. The van der Waals surface area contributed by atoms with Gasteiger partial charge in [0.15, 0.2) is 5.79 Å². The second-order valence-electron chi connectivity index (χ2n) is 4.02. The Balaban J connectivity index is 3.93. The van der Waals surface area contributed by atoms with Crippen LogP contribution < -0.4 is 0 Å². The number of unbranched alkanes of at least 4 members (excludes halogenated alkanes) is 2. The number of hydrogen-bond acceptors (Lipinski definition) is 2. The highest BCUT2D eigenvalue weighted by Crippen LogP contribution is 2.23. The Bertz CT molecular complexity index is 118. The van der Waals surface area contributed by atoms with E-state index in [1.807, 2.05) is 0 Å². The summed E-state index contributed by atoms with van der Waals surface area (Å²) in [6.45, 7) is 10.3. The summed E-state index contributed by atoms with van der Waals surface area (Å²) in [7, 11) is 0. The molecule has 0 saturated carbocycles. The van der Waals surface area contributed by atoms with Gasteiger partial charge in [-0.3, -0.25) is 0 Å². The average Bonchev–Trinajstić information content (AvgIpc) is 2.28. The third-order valence-electron chi connectivity index (χ3n) is 2.80. The van der Waals surface area contributed by atoms with Gasteiger partial charge in [-0.05, 0) is 25.7 Å². The highest BCUT2D eigenvalue weighted by atomic mass is 16.7. The fourth-order valence-corrected chi connectivity index (χ4v) is 1.50. The van der Waals surface area contributed by atoms with E-state index in [-0.39, 0.29) is 5.79 Å². The lowest BCUT2D eigenvalue weighted by molar-refractivity contribution is -0.241. The molecule has 0 aromatic rings. The standard InChI is InChI=1S/C13H28O2/c1-5-9-11-14-13(7-3,8-4)15-12-10-6-2/h5-12H2,1-4H3. The molecule has 0 unspecified atom stereocenters. The van der Waals surface area contributed by atoms with E-state index in [0.717, 1.165) is 38.9 Å². The highest BCUT2D eigenvalue weighted by molar-refractivity contribution is 4.65. The number of ether oxygens (including phenoxy) is 2. The van der Waals surface area contributed by atoms with Crippen LogP contribution in [0, 0.1) is 0 Å². The first kappa shape index (κ1) is 14.9. The molecule has 2 nitrogen and oxygen atoms in total. The smallest absolute Gasteiger partial charge is 0.167 e. The van der Waals surface area contributed by atoms with Crippen molar-refractivity contribution in [3.05, 3.63) is 0 Å². The van der Waals surface area contributed by atoms with Gasteiger partial charge in [-0.1, -0.05) is 40.5 Å². The number of hydrogen-bond donors (Lipinski definition) is 0. The minimum Gasteiger partial charge on any atom is -0.350 e. The molecule has 0 aromatic carbocycles. The lowest BCUT2D eigenvalue weighted by Gasteiger charge is -2.32. The zero-order valence-corrected chi connectivity index (χ0v) is 11.0. The van der Waals surface area contributed by atoms with Crippen molar-refractivity contribution in [2.45, 2.75) is 72.0 Å². The summed E-state index contributed by atoms with van der Waals surface area (Å²) in [5, 5.41) is 0. The summed E-state index contributed by atoms with van der Waals surface area (Å²) in [4.78, 5) is 0. The molecule has 0 rings (SSSR count). The molecule has 0 atom stereocenters. The van der Waals surface area contributed by atoms with E-state index in [0.29, 0.717) is 0 Å². The summed E-state index contributed by atoms with van der Waals surface area (Å²) >= 11 is 0. The van der Waals surface area contributed by atoms with Crippen molar-refractivity contribution in [3.63, 3.8) is 0 Å². The molecule has 0 fully saturated rings. The van der Waals surface area contributed by atoms with Gasteiger partial charge in [0, 0.05) is 0 Å². The van der Waals surface area contributed by atoms with Crippen molar-refractivity contribution in [2.75, 3.05) is 13.2 Å². The maximum Gasteiger partial charge on any atom is 0.167 e. The first-order valence-electron chi connectivity index (χ1n) is 6.52. The monoisotopic (exact) mass is 216 g/mol. The van der Waals surface area contributed by atoms with Crippen molar-refractivity contribution in [2.24, 2.45) is 0 Å². The van der Waals surface area contributed by atoms with Crippen LogP contribution in [0.5, 0.6) is 0 Å². The van der Waals surface area contributed by atoms with E-state index < -0.39 is 0 Å². The first-order chi connectivity index (χ1) is 7.24. The molecule has 92 valence electrons. The second-order valence-corrected chi connectivity index (χ2v) is 4.02. The number of rotatable bonds is 10. The Morgan fingerprint density at radius 1 is 0.733 bits per heavy atom. The van der Waals surface area contributed by atoms with Crippen LogP contribution in [0.2, 0.25) is 0 Å². The van der Waals surface area contributed by atoms with Crippen molar-refractivity contribution in [1.29, 1.82) is 0 Å². The Hall–Kier alpha value is -0.0800. The maximum atomic E-state index is 5.89. The first-order valence-corrected chi connectivity index (χ1v) is 6.52. The van der Waals surface area contributed by atoms with Crippen LogP contribution in [-0.4, -0.2) is 19.0 Å². The normalized spacial score (nSPS) is 12.0. The minimum absolute atomic E-state index is 0.315. The molecule has 0 spiro atoms. The van der Waals surface area contributed by atoms with E-state index in [4.69, 9.17) is 9.47 Å². The summed E-state index contributed by atoms with van der Waals surface area (Å²) in [5.74, 6) is -0.315. The molecule has 2 heteroatoms. The molecule has 0 radical (unpaired) electrons. The van der Waals surface area contributed by atoms with Crippen molar-refractivity contribution in [3.8, 4) is 0 Å². The van der Waals surface area contributed by atoms with Crippen LogP contribution in [0.15, 0.2) is 0 Å². The minimum atomic E-state index is -0.315. The van der Waals surface area contributed by atoms with E-state index >= 15 is 0 Å². The Morgan fingerprint density at radius 2 is 1.13 bits per heavy atom. The van der Waals surface area contributed by atoms with Crippen LogP contribution in [-0.2, 0) is 9.47 Å². The van der Waals surface area contributed by atoms with Gasteiger partial charge < -0.3 is 9.47 Å². The summed E-state index contributed by atoms with van der Waals surface area (Å²) < 4.78 is 11.8. The lowest BCUT2D eigenvalue weighted by atomic mass is 10.1. The zero-order chi connectivity index (χ0) is 11.6. The molecule has 0 N–H and O–H groups in total. The van der Waals surface area contributed by atoms with Gasteiger partial charge in [-0.2, -0.15) is 0 Å². The Kier molecular flexibility index (Phi) is 9.12. The summed E-state index contributed by atoms with van der Waals surface area (Å²) in [6, 6.07) is 0. The summed E-state index contributed by atoms with van der Waals surface area (Å²) in [5.41, 5.74) is 0. The molecule has 0 aliphatic heterocycles. The summed E-state index contributed by atoms with van der Waals surface area (Å²) in [6.07, 6.45) is 6.49. The Morgan fingerprint density at radius 3 is 1.40 bits per heavy atom. The topological polar surface area (TPSA) is 18.5 Å². The van der Waals surface area contributed by atoms with Crippen molar-refractivity contribution < 1.29 is 9.47 Å². The SMILES string of the molecule is CCCCOC(CC)(CC)OCCCC. The van der Waals surface area contributed by atoms with Crippen LogP contribution in [0.3, 0.4) is 0 Å². The molecular weight excluding hydrogens is 188 g/mol. The van der Waals surface area contributed by atoms with E-state index in [1.165, 1.54) is 12.8 Å². The molecule has 0 heterocycles. The second kappa shape index (κ2) is 9.17. The van der Waals surface area contributed by atoms with E-state index in [2.05, 4.69) is 27.7 Å². The molecule has 0 aliphatic carbocycles. The van der Waals surface area contributed by atoms with Gasteiger partial charge in [0.25, 0.3) is 0 Å². The van der Waals surface area contributed by atoms with Crippen molar-refractivity contribution in [1.82, 2.24) is 0 Å². The van der Waals surface area contributed by atoms with Gasteiger partial charge in [0.05, 0.1) is 13.2 Å². The fraction of sp³-hybridized carbons (Fsp3) is 1.00. The third kappa shape index (κ3) is 6.16. The maximum absolute atomic E-state index is 5.89. The molecule has 0 saturated heterocycles. The van der Waals surface area contributed by atoms with Crippen molar-refractivity contribution >= 4 is 0 Å². The predicted octanol–water partition coefficient (Wildman–Crippen LogP) is 4.14. The molecule has 15 heavy (non-hydrogen) atoms. The van der Waals surface area contributed by atoms with Gasteiger partial charge >= 0.3 is 0 Å². The molecule has 0 bridgehead atoms. The fourth-order valence-electron chi connectivity index (χ4n) is 1.50. The predicted molar refractivity (Wildman–Crippen MR) is 65.0 cm³/mol. The van der Waals surface area contributed by atoms with E-state index in [1.54, 1.807) is 0 Å². The average molecular weight is 216 g/mol. The van der Waals surface area contributed by atoms with Crippen LogP contribution in [0.4, 0.5) is 0 Å². The van der Waals surface area contributed by atoms with Gasteiger partial charge in [0.2, 0.25) is 0 Å². The third-order valence-corrected chi connectivity index (χ3v) is 2.80. The molecule has 0 aromatic heterocycles. The zero-order valence-electron chi connectivity index (χ0n) is 11.0. The molecule has 0 amide bonds. The van der Waals surface area contributed by atoms with Crippen LogP contribution >= 0.6 is 0 Å². The quantitative estimate of drug-likeness (QED) is 0.404. The van der Waals surface area contributed by atoms with Gasteiger partial charge in [-0.15, -0.1) is 0 Å². The van der Waals surface area contributed by atoms with Crippen LogP contribution in [0.25, 0.3) is 0 Å². The molecule has 0 aliphatic rings. The van der Waals surface area contributed by atoms with Gasteiger partial charge in [0.1, 0.15) is 0 Å². The van der Waals surface area contributed by atoms with Crippen LogP contribution in [0.1, 0.15) is 66.2 Å². The van der Waals surface area contributed by atoms with Gasteiger partial charge in [-0.25, -0.2) is 0 Å². The largest absolute Gasteiger partial charge is 0.350 e. The Labute approximate surface area is 95.3 Å². The van der Waals surface area contributed by atoms with E-state index in [9.17, 15) is 0 Å². The lowest BCUT2D eigenvalue weighted by Crippen LogP contribution is -2.35. The molecular formula is C13H28O2.